The van der Waals surface area contributed by atoms with Gasteiger partial charge < -0.3 is 4.90 Å². The quantitative estimate of drug-likeness (QED) is 0.938. The number of rotatable bonds is 3. The summed E-state index contributed by atoms with van der Waals surface area (Å²) in [5.74, 6) is -0.0685. The normalized spacial score (nSPS) is 17.1. The minimum atomic E-state index is -3.48. The van der Waals surface area contributed by atoms with E-state index in [4.69, 9.17) is 0 Å². The smallest absolute Gasteiger partial charge is 0.258 e. The summed E-state index contributed by atoms with van der Waals surface area (Å²) in [5, 5.41) is 0. The highest BCUT2D eigenvalue weighted by atomic mass is 32.2. The molecule has 0 spiro atoms. The minimum Gasteiger partial charge on any atom is -0.305 e. The maximum Gasteiger partial charge on any atom is 0.258 e. The molecule has 0 aliphatic carbocycles. The Morgan fingerprint density at radius 3 is 2.52 bits per heavy atom. The highest BCUT2D eigenvalue weighted by Gasteiger charge is 2.32. The Morgan fingerprint density at radius 2 is 1.87 bits per heavy atom. The second kappa shape index (κ2) is 5.79. The molecule has 5 nitrogen and oxygen atoms in total. The lowest BCUT2D eigenvalue weighted by molar-refractivity contribution is 0.0981. The maximum absolute atomic E-state index is 12.8. The van der Waals surface area contributed by atoms with Crippen molar-refractivity contribution >= 4 is 21.6 Å². The molecule has 23 heavy (non-hydrogen) atoms. The van der Waals surface area contributed by atoms with Crippen LogP contribution in [0.25, 0.3) is 0 Å². The molecule has 2 aromatic rings. The fourth-order valence-corrected chi connectivity index (χ4v) is 3.70. The highest BCUT2D eigenvalue weighted by molar-refractivity contribution is 7.89. The molecule has 1 atom stereocenters. The molecule has 2 aromatic carbocycles. The number of benzene rings is 2. The van der Waals surface area contributed by atoms with Crippen molar-refractivity contribution in [3.63, 3.8) is 0 Å². The van der Waals surface area contributed by atoms with Crippen LogP contribution in [0.4, 0.5) is 5.69 Å². The lowest BCUT2D eigenvalue weighted by Crippen LogP contribution is -2.35. The Morgan fingerprint density at radius 1 is 1.17 bits per heavy atom. The van der Waals surface area contributed by atoms with E-state index >= 15 is 0 Å². The largest absolute Gasteiger partial charge is 0.305 e. The van der Waals surface area contributed by atoms with Crippen LogP contribution in [0.2, 0.25) is 0 Å². The number of hydrogen-bond donors (Lipinski definition) is 1. The summed E-state index contributed by atoms with van der Waals surface area (Å²) in [7, 11) is -2.10. The van der Waals surface area contributed by atoms with E-state index in [1.54, 1.807) is 29.2 Å². The summed E-state index contributed by atoms with van der Waals surface area (Å²) < 4.78 is 26.2. The van der Waals surface area contributed by atoms with E-state index in [1.165, 1.54) is 13.1 Å². The van der Waals surface area contributed by atoms with Crippen molar-refractivity contribution in [1.29, 1.82) is 0 Å². The summed E-state index contributed by atoms with van der Waals surface area (Å²) in [6, 6.07) is 14.0. The number of hydrogen-bond acceptors (Lipinski definition) is 3. The van der Waals surface area contributed by atoms with Gasteiger partial charge in [-0.2, -0.15) is 0 Å². The molecule has 1 heterocycles. The van der Waals surface area contributed by atoms with Crippen LogP contribution in [-0.4, -0.2) is 27.4 Å². The fraction of sp³-hybridized carbons (Fsp3) is 0.235. The predicted octanol–water partition coefficient (Wildman–Crippen LogP) is 2.19. The van der Waals surface area contributed by atoms with Crippen molar-refractivity contribution in [3.05, 3.63) is 59.7 Å². The summed E-state index contributed by atoms with van der Waals surface area (Å²) in [6.07, 6.45) is 0.640. The molecule has 0 saturated heterocycles. The van der Waals surface area contributed by atoms with E-state index in [2.05, 4.69) is 4.72 Å². The van der Waals surface area contributed by atoms with Gasteiger partial charge in [-0.05, 0) is 56.3 Å². The molecular weight excluding hydrogens is 312 g/mol. The summed E-state index contributed by atoms with van der Waals surface area (Å²) in [6.45, 7) is 1.97. The van der Waals surface area contributed by atoms with Crippen molar-refractivity contribution < 1.29 is 13.2 Å². The average molecular weight is 330 g/mol. The molecule has 6 heteroatoms. The fourth-order valence-electron chi connectivity index (χ4n) is 2.92. The second-order valence-corrected chi connectivity index (χ2v) is 7.48. The van der Waals surface area contributed by atoms with Gasteiger partial charge >= 0.3 is 0 Å². The van der Waals surface area contributed by atoms with Crippen LogP contribution in [0.1, 0.15) is 22.8 Å². The number of sulfonamides is 1. The molecular formula is C17H18N2O3S. The zero-order chi connectivity index (χ0) is 16.6. The molecule has 3 rings (SSSR count). The van der Waals surface area contributed by atoms with Gasteiger partial charge in [0.1, 0.15) is 0 Å². The number of amides is 1. The standard InChI is InChI=1S/C17H18N2O3S/c1-12-10-14-11-15(23(21,22)18-2)8-9-16(14)19(12)17(20)13-6-4-3-5-7-13/h3-9,11-12,18H,10H2,1-2H3/t12-/m0/s1. The molecule has 0 unspecified atom stereocenters. The van der Waals surface area contributed by atoms with Gasteiger partial charge in [0.2, 0.25) is 10.0 Å². The van der Waals surface area contributed by atoms with Gasteiger partial charge in [-0.25, -0.2) is 13.1 Å². The first-order valence-electron chi connectivity index (χ1n) is 7.39. The molecule has 0 saturated carbocycles. The molecule has 120 valence electrons. The molecule has 0 bridgehead atoms. The van der Waals surface area contributed by atoms with Crippen LogP contribution < -0.4 is 9.62 Å². The van der Waals surface area contributed by atoms with E-state index in [0.717, 1.165) is 11.3 Å². The van der Waals surface area contributed by atoms with Gasteiger partial charge in [0.05, 0.1) is 4.90 Å². The SMILES string of the molecule is CNS(=O)(=O)c1ccc2c(c1)C[C@H](C)N2C(=O)c1ccccc1. The number of anilines is 1. The Bertz CT molecular complexity index is 847. The van der Waals surface area contributed by atoms with Crippen LogP contribution in [0, 0.1) is 0 Å². The summed E-state index contributed by atoms with van der Waals surface area (Å²) >= 11 is 0. The third-order valence-corrected chi connectivity index (χ3v) is 5.50. The summed E-state index contributed by atoms with van der Waals surface area (Å²) in [5.41, 5.74) is 2.28. The van der Waals surface area contributed by atoms with Gasteiger partial charge in [-0.3, -0.25) is 4.79 Å². The molecule has 1 amide bonds. The van der Waals surface area contributed by atoms with E-state index in [9.17, 15) is 13.2 Å². The van der Waals surface area contributed by atoms with Crippen molar-refractivity contribution in [2.75, 3.05) is 11.9 Å². The van der Waals surface area contributed by atoms with Gasteiger partial charge in [0.25, 0.3) is 5.91 Å². The number of fused-ring (bicyclic) bond motifs is 1. The Balaban J connectivity index is 2.01. The lowest BCUT2D eigenvalue weighted by atomic mass is 10.1. The Kier molecular flexibility index (Phi) is 3.95. The van der Waals surface area contributed by atoms with E-state index in [-0.39, 0.29) is 16.8 Å². The molecule has 1 aliphatic rings. The van der Waals surface area contributed by atoms with E-state index in [0.29, 0.717) is 12.0 Å². The summed E-state index contributed by atoms with van der Waals surface area (Å²) in [4.78, 5) is 14.7. The van der Waals surface area contributed by atoms with Crippen LogP contribution >= 0.6 is 0 Å². The van der Waals surface area contributed by atoms with Crippen molar-refractivity contribution in [3.8, 4) is 0 Å². The van der Waals surface area contributed by atoms with E-state index in [1.807, 2.05) is 25.1 Å². The van der Waals surface area contributed by atoms with Gasteiger partial charge in [-0.15, -0.1) is 0 Å². The second-order valence-electron chi connectivity index (χ2n) is 5.59. The number of carbonyl (C=O) groups excluding carboxylic acids is 1. The highest BCUT2D eigenvalue weighted by Crippen LogP contribution is 2.34. The van der Waals surface area contributed by atoms with Crippen molar-refractivity contribution in [2.45, 2.75) is 24.3 Å². The van der Waals surface area contributed by atoms with E-state index < -0.39 is 10.0 Å². The monoisotopic (exact) mass is 330 g/mol. The Hall–Kier alpha value is -2.18. The number of nitrogens with one attached hydrogen (secondary N) is 1. The number of nitrogens with zero attached hydrogens (tertiary/aromatic N) is 1. The topological polar surface area (TPSA) is 66.5 Å². The van der Waals surface area contributed by atoms with Crippen LogP contribution in [0.3, 0.4) is 0 Å². The van der Waals surface area contributed by atoms with Crippen LogP contribution in [-0.2, 0) is 16.4 Å². The first-order chi connectivity index (χ1) is 10.9. The van der Waals surface area contributed by atoms with Gasteiger partial charge in [0, 0.05) is 17.3 Å². The van der Waals surface area contributed by atoms with Crippen LogP contribution in [0.15, 0.2) is 53.4 Å². The Labute approximate surface area is 136 Å². The van der Waals surface area contributed by atoms with Crippen molar-refractivity contribution in [2.24, 2.45) is 0 Å². The predicted molar refractivity (Wildman–Crippen MR) is 89.1 cm³/mol. The maximum atomic E-state index is 12.8. The van der Waals surface area contributed by atoms with Crippen molar-refractivity contribution in [1.82, 2.24) is 4.72 Å². The van der Waals surface area contributed by atoms with Crippen LogP contribution in [0.5, 0.6) is 0 Å². The lowest BCUT2D eigenvalue weighted by Gasteiger charge is -2.22. The zero-order valence-electron chi connectivity index (χ0n) is 13.0. The average Bonchev–Trinajstić information content (AvgIpc) is 2.89. The van der Waals surface area contributed by atoms with Gasteiger partial charge in [-0.1, -0.05) is 18.2 Å². The molecule has 0 fully saturated rings. The molecule has 0 aromatic heterocycles. The van der Waals surface area contributed by atoms with Gasteiger partial charge in [0.15, 0.2) is 0 Å². The number of carbonyl (C=O) groups is 1. The molecule has 1 N–H and O–H groups in total. The first-order valence-corrected chi connectivity index (χ1v) is 8.87. The zero-order valence-corrected chi connectivity index (χ0v) is 13.8. The third kappa shape index (κ3) is 2.75. The third-order valence-electron chi connectivity index (χ3n) is 4.09. The molecule has 1 aliphatic heterocycles. The molecule has 0 radical (unpaired) electrons. The minimum absolute atomic E-state index is 0.00903. The first kappa shape index (κ1) is 15.7.